The molecule has 6 amide bonds. The van der Waals surface area contributed by atoms with Crippen molar-refractivity contribution in [2.75, 3.05) is 13.1 Å². The normalized spacial score (nSPS) is 22.2. The van der Waals surface area contributed by atoms with E-state index in [4.69, 9.17) is 0 Å². The fourth-order valence-electron chi connectivity index (χ4n) is 6.09. The van der Waals surface area contributed by atoms with E-state index in [1.54, 1.807) is 24.5 Å². The summed E-state index contributed by atoms with van der Waals surface area (Å²) in [4.78, 5) is 57.8. The van der Waals surface area contributed by atoms with Crippen LogP contribution in [0, 0.1) is 23.3 Å². The molecular formula is C35H30F4N6O4. The van der Waals surface area contributed by atoms with Gasteiger partial charge in [0.15, 0.2) is 23.3 Å². The zero-order valence-corrected chi connectivity index (χ0v) is 25.0. The maximum atomic E-state index is 13.3. The van der Waals surface area contributed by atoms with Crippen molar-refractivity contribution in [1.29, 1.82) is 0 Å². The van der Waals surface area contributed by atoms with Crippen LogP contribution in [0.25, 0.3) is 22.5 Å². The number of carbonyl (C=O) groups excluding carboxylic acids is 4. The van der Waals surface area contributed by atoms with Crippen LogP contribution >= 0.6 is 0 Å². The molecule has 49 heavy (non-hydrogen) atoms. The number of aromatic nitrogens is 2. The number of urea groups is 2. The number of carbonyl (C=O) groups is 4. The van der Waals surface area contributed by atoms with E-state index in [9.17, 15) is 36.7 Å². The number of hydrogen-bond donors (Lipinski definition) is 2. The number of nitrogens with one attached hydrogen (secondary N) is 2. The molecule has 0 bridgehead atoms. The molecule has 4 heterocycles. The average molecular weight is 675 g/mol. The van der Waals surface area contributed by atoms with Crippen LogP contribution in [0.2, 0.25) is 0 Å². The second-order valence-corrected chi connectivity index (χ2v) is 11.9. The molecular weight excluding hydrogens is 644 g/mol. The number of benzene rings is 2. The van der Waals surface area contributed by atoms with E-state index in [2.05, 4.69) is 20.6 Å². The summed E-state index contributed by atoms with van der Waals surface area (Å²) in [5.41, 5.74) is 3.87. The van der Waals surface area contributed by atoms with Crippen LogP contribution < -0.4 is 10.6 Å². The molecule has 0 radical (unpaired) electrons. The molecule has 4 aliphatic rings. The van der Waals surface area contributed by atoms with Gasteiger partial charge in [-0.3, -0.25) is 29.4 Å². The molecule has 2 aromatic carbocycles. The Morgan fingerprint density at radius 3 is 1.29 bits per heavy atom. The van der Waals surface area contributed by atoms with E-state index in [0.29, 0.717) is 35.4 Å². The average Bonchev–Trinajstić information content (AvgIpc) is 3.99. The number of amides is 6. The molecule has 2 aliphatic carbocycles. The SMILES string of the molecule is C.O=C1CNC(=O)N1[C@@H]1C[C@H]1c1ccc(-c2ccc(F)c(F)c2)nc1.O=C1CNC(=O)N1[C@H]1C[C@@H]1c1ccc(-c2ccc(F)c(F)c2)nc1. The van der Waals surface area contributed by atoms with Crippen LogP contribution in [-0.2, 0) is 9.59 Å². The second kappa shape index (κ2) is 13.1. The molecule has 10 nitrogen and oxygen atoms in total. The summed E-state index contributed by atoms with van der Waals surface area (Å²) in [5.74, 6) is -3.90. The lowest BCUT2D eigenvalue weighted by atomic mass is 10.1. The first-order chi connectivity index (χ1) is 23.1. The zero-order valence-electron chi connectivity index (χ0n) is 25.0. The van der Waals surface area contributed by atoms with Crippen molar-refractivity contribution in [1.82, 2.24) is 30.4 Å². The van der Waals surface area contributed by atoms with Crippen LogP contribution in [0.5, 0.6) is 0 Å². The van der Waals surface area contributed by atoms with E-state index >= 15 is 0 Å². The smallest absolute Gasteiger partial charge is 0.324 e. The Morgan fingerprint density at radius 1 is 0.571 bits per heavy atom. The molecule has 2 aliphatic heterocycles. The van der Waals surface area contributed by atoms with E-state index in [-0.39, 0.29) is 68.3 Å². The molecule has 252 valence electrons. The third-order valence-corrected chi connectivity index (χ3v) is 8.79. The van der Waals surface area contributed by atoms with Gasteiger partial charge in [0.1, 0.15) is 0 Å². The summed E-state index contributed by atoms with van der Waals surface area (Å²) < 4.78 is 52.6. The lowest BCUT2D eigenvalue weighted by molar-refractivity contribution is -0.126. The highest BCUT2D eigenvalue weighted by Crippen LogP contribution is 2.46. The van der Waals surface area contributed by atoms with Crippen molar-refractivity contribution < 1.29 is 36.7 Å². The van der Waals surface area contributed by atoms with Gasteiger partial charge in [0.05, 0.1) is 24.5 Å². The van der Waals surface area contributed by atoms with Crippen LogP contribution in [0.1, 0.15) is 43.2 Å². The Kier molecular flexibility index (Phi) is 8.88. The van der Waals surface area contributed by atoms with Gasteiger partial charge in [0.2, 0.25) is 11.8 Å². The Labute approximate surface area is 278 Å². The predicted molar refractivity (Wildman–Crippen MR) is 169 cm³/mol. The third-order valence-electron chi connectivity index (χ3n) is 8.79. The van der Waals surface area contributed by atoms with Crippen LogP contribution in [-0.4, -0.2) is 68.8 Å². The Hall–Kier alpha value is -5.66. The zero-order chi connectivity index (χ0) is 33.7. The molecule has 0 spiro atoms. The van der Waals surface area contributed by atoms with Gasteiger partial charge in [-0.1, -0.05) is 19.6 Å². The largest absolute Gasteiger partial charge is 0.329 e. The van der Waals surface area contributed by atoms with Crippen LogP contribution in [0.4, 0.5) is 27.2 Å². The van der Waals surface area contributed by atoms with Crippen molar-refractivity contribution in [3.05, 3.63) is 107 Å². The van der Waals surface area contributed by atoms with E-state index in [1.807, 2.05) is 12.1 Å². The van der Waals surface area contributed by atoms with Crippen molar-refractivity contribution in [2.24, 2.45) is 0 Å². The lowest BCUT2D eigenvalue weighted by Crippen LogP contribution is -2.33. The Balaban J connectivity index is 0.000000167. The quantitative estimate of drug-likeness (QED) is 0.206. The number of rotatable bonds is 6. The minimum absolute atomic E-state index is 0. The van der Waals surface area contributed by atoms with Gasteiger partial charge in [0.25, 0.3) is 0 Å². The van der Waals surface area contributed by atoms with Gasteiger partial charge in [-0.15, -0.1) is 0 Å². The highest BCUT2D eigenvalue weighted by molar-refractivity contribution is 6.03. The van der Waals surface area contributed by atoms with E-state index in [0.717, 1.165) is 35.4 Å². The minimum Gasteiger partial charge on any atom is -0.329 e. The lowest BCUT2D eigenvalue weighted by Gasteiger charge is -2.12. The number of halogens is 4. The fraction of sp³-hybridized carbons (Fsp3) is 0.257. The van der Waals surface area contributed by atoms with Gasteiger partial charge >= 0.3 is 12.1 Å². The molecule has 4 fully saturated rings. The molecule has 4 aromatic rings. The van der Waals surface area contributed by atoms with Crippen molar-refractivity contribution in [3.63, 3.8) is 0 Å². The highest BCUT2D eigenvalue weighted by Gasteiger charge is 2.50. The molecule has 4 atom stereocenters. The topological polar surface area (TPSA) is 125 Å². The molecule has 0 unspecified atom stereocenters. The molecule has 14 heteroatoms. The maximum Gasteiger partial charge on any atom is 0.324 e. The molecule has 2 saturated heterocycles. The van der Waals surface area contributed by atoms with Crippen molar-refractivity contribution >= 4 is 23.9 Å². The number of nitrogens with zero attached hydrogens (tertiary/aromatic N) is 4. The summed E-state index contributed by atoms with van der Waals surface area (Å²) in [6.45, 7) is 0.102. The fourth-order valence-corrected chi connectivity index (χ4v) is 6.09. The highest BCUT2D eigenvalue weighted by atomic mass is 19.2. The molecule has 2 N–H and O–H groups in total. The molecule has 8 rings (SSSR count). The van der Waals surface area contributed by atoms with Gasteiger partial charge in [-0.05, 0) is 72.5 Å². The van der Waals surface area contributed by atoms with Crippen molar-refractivity contribution in [3.8, 4) is 22.5 Å². The molecule has 2 aromatic heterocycles. The van der Waals surface area contributed by atoms with Crippen LogP contribution in [0.3, 0.4) is 0 Å². The first-order valence-electron chi connectivity index (χ1n) is 15.1. The molecule has 2 saturated carbocycles. The predicted octanol–water partition coefficient (Wildman–Crippen LogP) is 5.51. The first-order valence-corrected chi connectivity index (χ1v) is 15.1. The van der Waals surface area contributed by atoms with Gasteiger partial charge in [-0.2, -0.15) is 0 Å². The summed E-state index contributed by atoms with van der Waals surface area (Å²) in [7, 11) is 0. The maximum absolute atomic E-state index is 13.3. The van der Waals surface area contributed by atoms with Gasteiger partial charge in [-0.25, -0.2) is 27.2 Å². The number of imide groups is 2. The minimum atomic E-state index is -0.917. The second-order valence-electron chi connectivity index (χ2n) is 11.9. The Bertz CT molecular complexity index is 1790. The summed E-state index contributed by atoms with van der Waals surface area (Å²) >= 11 is 0. The van der Waals surface area contributed by atoms with Gasteiger partial charge in [0, 0.05) is 47.4 Å². The van der Waals surface area contributed by atoms with Gasteiger partial charge < -0.3 is 10.6 Å². The third kappa shape index (κ3) is 6.58. The standard InChI is InChI=1S/2C17H13F2N3O2.CH4/c2*18-12-3-1-9(5-13(12)19)14-4-2-10(7-20-14)11-6-15(11)22-16(23)8-21-17(22)24;/h2*1-5,7,11,15H,6,8H2,(H,21,24);1H4/t2*11-,15+;/m10./s1. The summed E-state index contributed by atoms with van der Waals surface area (Å²) in [6.07, 6.45) is 4.73. The summed E-state index contributed by atoms with van der Waals surface area (Å²) in [6, 6.07) is 13.4. The summed E-state index contributed by atoms with van der Waals surface area (Å²) in [5, 5.41) is 5.02. The van der Waals surface area contributed by atoms with E-state index in [1.165, 1.54) is 21.9 Å². The first kappa shape index (κ1) is 33.2. The number of pyridine rings is 2. The van der Waals surface area contributed by atoms with E-state index < -0.39 is 23.3 Å². The number of hydrogen-bond acceptors (Lipinski definition) is 6. The Morgan fingerprint density at radius 2 is 0.980 bits per heavy atom. The van der Waals surface area contributed by atoms with Crippen molar-refractivity contribution in [2.45, 2.75) is 44.2 Å². The van der Waals surface area contributed by atoms with Crippen LogP contribution in [0.15, 0.2) is 73.1 Å². The monoisotopic (exact) mass is 674 g/mol.